The second-order valence-electron chi connectivity index (χ2n) is 5.70. The van der Waals surface area contributed by atoms with Crippen LogP contribution in [0.15, 0.2) is 36.4 Å². The fraction of sp³-hybridized carbons (Fsp3) is 0.444. The number of halogens is 1. The summed E-state index contributed by atoms with van der Waals surface area (Å²) in [7, 11) is 0. The van der Waals surface area contributed by atoms with E-state index in [9.17, 15) is 0 Å². The summed E-state index contributed by atoms with van der Waals surface area (Å²) in [6.45, 7) is 3.08. The van der Waals surface area contributed by atoms with Crippen LogP contribution in [0.2, 0.25) is 0 Å². The Balaban J connectivity index is 1.82. The maximum atomic E-state index is 6.71. The summed E-state index contributed by atoms with van der Waals surface area (Å²) >= 11 is 6.71. The van der Waals surface area contributed by atoms with Gasteiger partial charge in [-0.3, -0.25) is 0 Å². The van der Waals surface area contributed by atoms with Crippen LogP contribution in [-0.2, 0) is 4.74 Å². The number of hydrogen-bond acceptors (Lipinski definition) is 1. The minimum absolute atomic E-state index is 0.0744. The summed E-state index contributed by atoms with van der Waals surface area (Å²) in [6.07, 6.45) is 4.87. The van der Waals surface area contributed by atoms with E-state index in [0.29, 0.717) is 6.10 Å². The van der Waals surface area contributed by atoms with Crippen LogP contribution in [0.5, 0.6) is 0 Å². The van der Waals surface area contributed by atoms with Crippen molar-refractivity contribution in [1.29, 1.82) is 0 Å². The van der Waals surface area contributed by atoms with Crippen LogP contribution < -0.4 is 0 Å². The van der Waals surface area contributed by atoms with Gasteiger partial charge in [-0.2, -0.15) is 0 Å². The van der Waals surface area contributed by atoms with Crippen molar-refractivity contribution in [2.24, 2.45) is 0 Å². The third-order valence-corrected chi connectivity index (χ3v) is 4.70. The lowest BCUT2D eigenvalue weighted by atomic mass is 9.94. The van der Waals surface area contributed by atoms with Crippen molar-refractivity contribution in [1.82, 2.24) is 0 Å². The minimum Gasteiger partial charge on any atom is -0.378 e. The Morgan fingerprint density at radius 2 is 2.10 bits per heavy atom. The van der Waals surface area contributed by atoms with Gasteiger partial charge >= 0.3 is 0 Å². The van der Waals surface area contributed by atoms with Crippen LogP contribution >= 0.6 is 11.6 Å². The normalized spacial score (nSPS) is 20.4. The molecule has 2 atom stereocenters. The molecule has 0 bridgehead atoms. The lowest BCUT2D eigenvalue weighted by Gasteiger charge is -2.17. The average Bonchev–Trinajstić information content (AvgIpc) is 2.98. The SMILES string of the molecule is Cc1ccc2ccccc2c1C(Cl)CCC1CCCO1. The van der Waals surface area contributed by atoms with Crippen LogP contribution in [0, 0.1) is 6.92 Å². The topological polar surface area (TPSA) is 9.23 Å². The number of ether oxygens (including phenoxy) is 1. The molecule has 0 radical (unpaired) electrons. The van der Waals surface area contributed by atoms with Crippen LogP contribution in [-0.4, -0.2) is 12.7 Å². The van der Waals surface area contributed by atoms with Gasteiger partial charge in [0.2, 0.25) is 0 Å². The fourth-order valence-electron chi connectivity index (χ4n) is 3.17. The van der Waals surface area contributed by atoms with Crippen LogP contribution in [0.4, 0.5) is 0 Å². The van der Waals surface area contributed by atoms with E-state index in [-0.39, 0.29) is 5.38 Å². The van der Waals surface area contributed by atoms with Gasteiger partial charge < -0.3 is 4.74 Å². The van der Waals surface area contributed by atoms with E-state index >= 15 is 0 Å². The standard InChI is InChI=1S/C18H21ClO/c1-13-8-9-14-5-2-3-7-16(14)18(13)17(19)11-10-15-6-4-12-20-15/h2-3,5,7-9,15,17H,4,6,10-12H2,1H3. The lowest BCUT2D eigenvalue weighted by molar-refractivity contribution is 0.102. The molecule has 20 heavy (non-hydrogen) atoms. The molecule has 0 spiro atoms. The summed E-state index contributed by atoms with van der Waals surface area (Å²) in [5, 5.41) is 2.64. The van der Waals surface area contributed by atoms with E-state index in [2.05, 4.69) is 43.3 Å². The molecule has 0 aliphatic carbocycles. The maximum absolute atomic E-state index is 6.71. The van der Waals surface area contributed by atoms with Gasteiger partial charge in [-0.25, -0.2) is 0 Å². The molecular formula is C18H21ClO. The van der Waals surface area contributed by atoms with Crippen LogP contribution in [0.3, 0.4) is 0 Å². The second-order valence-corrected chi connectivity index (χ2v) is 6.22. The summed E-state index contributed by atoms with van der Waals surface area (Å²) in [4.78, 5) is 0. The molecule has 0 aromatic heterocycles. The smallest absolute Gasteiger partial charge is 0.0594 e. The third-order valence-electron chi connectivity index (χ3n) is 4.27. The number of alkyl halides is 1. The number of fused-ring (bicyclic) bond motifs is 1. The van der Waals surface area contributed by atoms with E-state index < -0.39 is 0 Å². The van der Waals surface area contributed by atoms with Gasteiger partial charge in [-0.1, -0.05) is 36.4 Å². The molecule has 1 saturated heterocycles. The summed E-state index contributed by atoms with van der Waals surface area (Å²) in [6, 6.07) is 12.9. The Morgan fingerprint density at radius 3 is 2.90 bits per heavy atom. The first-order valence-corrected chi connectivity index (χ1v) is 7.93. The van der Waals surface area contributed by atoms with Crippen molar-refractivity contribution < 1.29 is 4.74 Å². The first-order valence-electron chi connectivity index (χ1n) is 7.49. The van der Waals surface area contributed by atoms with Gasteiger partial charge in [0, 0.05) is 6.61 Å². The van der Waals surface area contributed by atoms with Crippen molar-refractivity contribution in [2.75, 3.05) is 6.61 Å². The second kappa shape index (κ2) is 6.15. The monoisotopic (exact) mass is 288 g/mol. The molecule has 2 aromatic carbocycles. The molecule has 1 fully saturated rings. The highest BCUT2D eigenvalue weighted by molar-refractivity contribution is 6.22. The van der Waals surface area contributed by atoms with Crippen molar-refractivity contribution in [3.63, 3.8) is 0 Å². The Hall–Kier alpha value is -1.05. The summed E-state index contributed by atoms with van der Waals surface area (Å²) in [5.41, 5.74) is 2.58. The van der Waals surface area contributed by atoms with Crippen LogP contribution in [0.1, 0.15) is 42.2 Å². The molecule has 1 heterocycles. The molecule has 2 heteroatoms. The molecule has 1 nitrogen and oxygen atoms in total. The van der Waals surface area contributed by atoms with E-state index in [1.165, 1.54) is 34.7 Å². The van der Waals surface area contributed by atoms with Crippen molar-refractivity contribution in [2.45, 2.75) is 44.1 Å². The Labute approximate surface area is 125 Å². The minimum atomic E-state index is 0.0744. The molecule has 0 amide bonds. The van der Waals surface area contributed by atoms with Crippen molar-refractivity contribution in [3.05, 3.63) is 47.5 Å². The Bertz CT molecular complexity index is 587. The molecule has 2 unspecified atom stereocenters. The van der Waals surface area contributed by atoms with Gasteiger partial charge in [-0.15, -0.1) is 11.6 Å². The quantitative estimate of drug-likeness (QED) is 0.686. The third kappa shape index (κ3) is 2.84. The highest BCUT2D eigenvalue weighted by atomic mass is 35.5. The predicted octanol–water partition coefficient (Wildman–Crippen LogP) is 5.39. The number of rotatable bonds is 4. The number of benzene rings is 2. The summed E-state index contributed by atoms with van der Waals surface area (Å²) < 4.78 is 5.70. The zero-order valence-corrected chi connectivity index (χ0v) is 12.7. The van der Waals surface area contributed by atoms with Gasteiger partial charge in [0.1, 0.15) is 0 Å². The van der Waals surface area contributed by atoms with Crippen molar-refractivity contribution in [3.8, 4) is 0 Å². The van der Waals surface area contributed by atoms with Crippen molar-refractivity contribution >= 4 is 22.4 Å². The van der Waals surface area contributed by atoms with E-state index in [1.54, 1.807) is 0 Å². The Kier molecular flexibility index (Phi) is 4.28. The average molecular weight is 289 g/mol. The highest BCUT2D eigenvalue weighted by Crippen LogP contribution is 2.35. The maximum Gasteiger partial charge on any atom is 0.0594 e. The van der Waals surface area contributed by atoms with Gasteiger partial charge in [0.05, 0.1) is 11.5 Å². The molecular weight excluding hydrogens is 268 g/mol. The molecule has 1 aliphatic heterocycles. The highest BCUT2D eigenvalue weighted by Gasteiger charge is 2.19. The van der Waals surface area contributed by atoms with E-state index in [4.69, 9.17) is 16.3 Å². The number of aryl methyl sites for hydroxylation is 1. The molecule has 2 aromatic rings. The van der Waals surface area contributed by atoms with E-state index in [1.807, 2.05) is 0 Å². The Morgan fingerprint density at radius 1 is 1.25 bits per heavy atom. The molecule has 106 valence electrons. The molecule has 0 saturated carbocycles. The van der Waals surface area contributed by atoms with Gasteiger partial charge in [0.15, 0.2) is 0 Å². The van der Waals surface area contributed by atoms with Crippen LogP contribution in [0.25, 0.3) is 10.8 Å². The fourth-order valence-corrected chi connectivity index (χ4v) is 3.58. The van der Waals surface area contributed by atoms with Gasteiger partial charge in [0.25, 0.3) is 0 Å². The largest absolute Gasteiger partial charge is 0.378 e. The zero-order chi connectivity index (χ0) is 13.9. The summed E-state index contributed by atoms with van der Waals surface area (Å²) in [5.74, 6) is 0. The molecule has 0 N–H and O–H groups in total. The predicted molar refractivity (Wildman–Crippen MR) is 85.5 cm³/mol. The number of hydrogen-bond donors (Lipinski definition) is 0. The van der Waals surface area contributed by atoms with E-state index in [0.717, 1.165) is 19.4 Å². The lowest BCUT2D eigenvalue weighted by Crippen LogP contribution is -2.06. The first kappa shape index (κ1) is 13.9. The molecule has 1 aliphatic rings. The molecule has 3 rings (SSSR count). The van der Waals surface area contributed by atoms with Gasteiger partial charge in [-0.05, 0) is 54.5 Å². The first-order chi connectivity index (χ1) is 9.75. The zero-order valence-electron chi connectivity index (χ0n) is 11.9.